The third-order valence-corrected chi connectivity index (χ3v) is 5.41. The summed E-state index contributed by atoms with van der Waals surface area (Å²) in [6.07, 6.45) is 3.58. The summed E-state index contributed by atoms with van der Waals surface area (Å²) in [4.78, 5) is 19.0. The highest BCUT2D eigenvalue weighted by atomic mass is 16.5. The molecule has 11 nitrogen and oxygen atoms in total. The number of ether oxygens (including phenoxy) is 2. The van der Waals surface area contributed by atoms with Crippen molar-refractivity contribution in [1.29, 1.82) is 5.26 Å². The summed E-state index contributed by atoms with van der Waals surface area (Å²) < 4.78 is 11.8. The van der Waals surface area contributed by atoms with Crippen LogP contribution in [0.5, 0.6) is 11.5 Å². The van der Waals surface area contributed by atoms with Crippen LogP contribution in [-0.4, -0.2) is 51.6 Å². The van der Waals surface area contributed by atoms with Gasteiger partial charge in [-0.3, -0.25) is 5.10 Å². The van der Waals surface area contributed by atoms with Gasteiger partial charge in [0.25, 0.3) is 0 Å². The number of benzene rings is 1. The predicted octanol–water partition coefficient (Wildman–Crippen LogP) is 3.23. The molecular formula is C22H23N7O4. The number of carbonyl (C=O) groups is 1. The molecule has 33 heavy (non-hydrogen) atoms. The fraction of sp³-hybridized carbons (Fsp3) is 0.318. The standard InChI is InChI=1S/C22H23N7O4/c1-13-5-16(32-2)20(17(6-13)33-12-22(3-4-22)11-26-21(30)31)15-7-18(29-28-15)27-19-10-24-14(8-23)9-25-19/h5-7,9-10,26H,3-4,11-12H2,1-2H3,(H,30,31)(H2,25,27,28,29). The summed E-state index contributed by atoms with van der Waals surface area (Å²) in [7, 11) is 1.59. The topological polar surface area (TPSA) is 158 Å². The molecule has 0 aliphatic heterocycles. The van der Waals surface area contributed by atoms with E-state index in [4.69, 9.17) is 19.8 Å². The van der Waals surface area contributed by atoms with E-state index in [-0.39, 0.29) is 11.1 Å². The number of aromatic amines is 1. The first-order chi connectivity index (χ1) is 15.9. The number of rotatable bonds is 9. The highest BCUT2D eigenvalue weighted by Crippen LogP contribution is 2.47. The van der Waals surface area contributed by atoms with Gasteiger partial charge in [-0.2, -0.15) is 10.4 Å². The summed E-state index contributed by atoms with van der Waals surface area (Å²) in [5.74, 6) is 2.18. The number of nitriles is 1. The van der Waals surface area contributed by atoms with Gasteiger partial charge in [0.15, 0.2) is 11.5 Å². The molecule has 2 heterocycles. The van der Waals surface area contributed by atoms with Crippen LogP contribution in [0.1, 0.15) is 24.1 Å². The maximum atomic E-state index is 10.9. The third-order valence-electron chi connectivity index (χ3n) is 5.41. The van der Waals surface area contributed by atoms with Crippen LogP contribution < -0.4 is 20.1 Å². The van der Waals surface area contributed by atoms with E-state index in [0.29, 0.717) is 47.5 Å². The molecule has 0 bridgehead atoms. The van der Waals surface area contributed by atoms with Crippen molar-refractivity contribution in [3.8, 4) is 28.8 Å². The second-order valence-corrected chi connectivity index (χ2v) is 7.98. The Hall–Kier alpha value is -4.33. The summed E-state index contributed by atoms with van der Waals surface area (Å²) >= 11 is 0. The minimum Gasteiger partial charge on any atom is -0.496 e. The van der Waals surface area contributed by atoms with Crippen LogP contribution in [0.3, 0.4) is 0 Å². The van der Waals surface area contributed by atoms with Crippen LogP contribution in [0.2, 0.25) is 0 Å². The molecular weight excluding hydrogens is 426 g/mol. The SMILES string of the molecule is COc1cc(C)cc(OCC2(CNC(=O)O)CC2)c1-c1cc(Nc2cnc(C#N)cn2)n[nH]1. The smallest absolute Gasteiger partial charge is 0.404 e. The van der Waals surface area contributed by atoms with Gasteiger partial charge < -0.3 is 25.2 Å². The van der Waals surface area contributed by atoms with Gasteiger partial charge in [-0.25, -0.2) is 14.8 Å². The normalized spacial score (nSPS) is 13.6. The van der Waals surface area contributed by atoms with E-state index in [2.05, 4.69) is 30.8 Å². The minimum atomic E-state index is -1.04. The van der Waals surface area contributed by atoms with Crippen molar-refractivity contribution < 1.29 is 19.4 Å². The fourth-order valence-electron chi connectivity index (χ4n) is 3.40. The molecule has 2 aromatic heterocycles. The number of nitrogens with one attached hydrogen (secondary N) is 3. The van der Waals surface area contributed by atoms with E-state index in [0.717, 1.165) is 18.4 Å². The highest BCUT2D eigenvalue weighted by molar-refractivity contribution is 5.77. The number of nitrogens with zero attached hydrogens (tertiary/aromatic N) is 4. The maximum absolute atomic E-state index is 10.9. The first-order valence-electron chi connectivity index (χ1n) is 10.2. The molecule has 1 aliphatic carbocycles. The van der Waals surface area contributed by atoms with Gasteiger partial charge >= 0.3 is 6.09 Å². The number of hydrogen-bond acceptors (Lipinski definition) is 8. The molecule has 11 heteroatoms. The summed E-state index contributed by atoms with van der Waals surface area (Å²) in [6.45, 7) is 2.68. The summed E-state index contributed by atoms with van der Waals surface area (Å²) in [5.41, 5.74) is 2.36. The molecule has 0 atom stereocenters. The Morgan fingerprint density at radius 2 is 2.03 bits per heavy atom. The Bertz CT molecular complexity index is 1200. The lowest BCUT2D eigenvalue weighted by Crippen LogP contribution is -2.32. The van der Waals surface area contributed by atoms with Gasteiger partial charge in [0.1, 0.15) is 23.4 Å². The molecule has 1 amide bonds. The lowest BCUT2D eigenvalue weighted by molar-refractivity contribution is 0.184. The molecule has 3 aromatic rings. The molecule has 0 radical (unpaired) electrons. The van der Waals surface area contributed by atoms with Crippen molar-refractivity contribution in [3.05, 3.63) is 41.9 Å². The van der Waals surface area contributed by atoms with E-state index < -0.39 is 6.09 Å². The lowest BCUT2D eigenvalue weighted by atomic mass is 10.1. The quantitative estimate of drug-likeness (QED) is 0.385. The van der Waals surface area contributed by atoms with Gasteiger partial charge in [-0.1, -0.05) is 0 Å². The van der Waals surface area contributed by atoms with Crippen molar-refractivity contribution >= 4 is 17.7 Å². The number of aryl methyl sites for hydroxylation is 1. The Balaban J connectivity index is 1.56. The first-order valence-corrected chi connectivity index (χ1v) is 10.2. The molecule has 1 aromatic carbocycles. The van der Waals surface area contributed by atoms with Gasteiger partial charge in [0.2, 0.25) is 0 Å². The molecule has 170 valence electrons. The number of carboxylic acid groups (broad SMARTS) is 1. The number of anilines is 2. The van der Waals surface area contributed by atoms with Crippen LogP contribution >= 0.6 is 0 Å². The zero-order valence-corrected chi connectivity index (χ0v) is 18.2. The van der Waals surface area contributed by atoms with Crippen molar-refractivity contribution in [1.82, 2.24) is 25.5 Å². The maximum Gasteiger partial charge on any atom is 0.404 e. The van der Waals surface area contributed by atoms with Crippen LogP contribution in [0.15, 0.2) is 30.6 Å². The van der Waals surface area contributed by atoms with Gasteiger partial charge in [-0.15, -0.1) is 0 Å². The average molecular weight is 449 g/mol. The van der Waals surface area contributed by atoms with Crippen LogP contribution in [0.25, 0.3) is 11.3 Å². The van der Waals surface area contributed by atoms with Crippen LogP contribution in [-0.2, 0) is 0 Å². The van der Waals surface area contributed by atoms with Gasteiger partial charge in [0.05, 0.1) is 37.4 Å². The predicted molar refractivity (Wildman–Crippen MR) is 119 cm³/mol. The highest BCUT2D eigenvalue weighted by Gasteiger charge is 2.44. The number of H-pyrrole nitrogens is 1. The summed E-state index contributed by atoms with van der Waals surface area (Å²) in [6, 6.07) is 7.53. The number of methoxy groups -OCH3 is 1. The van der Waals surface area contributed by atoms with Crippen molar-refractivity contribution in [2.24, 2.45) is 5.41 Å². The van der Waals surface area contributed by atoms with E-state index in [1.165, 1.54) is 12.4 Å². The van der Waals surface area contributed by atoms with Crippen LogP contribution in [0.4, 0.5) is 16.4 Å². The number of hydrogen-bond donors (Lipinski definition) is 4. The van der Waals surface area contributed by atoms with Crippen molar-refractivity contribution in [3.63, 3.8) is 0 Å². The Morgan fingerprint density at radius 3 is 2.67 bits per heavy atom. The monoisotopic (exact) mass is 449 g/mol. The van der Waals surface area contributed by atoms with Crippen molar-refractivity contribution in [2.45, 2.75) is 19.8 Å². The fourth-order valence-corrected chi connectivity index (χ4v) is 3.40. The molecule has 1 fully saturated rings. The molecule has 0 saturated heterocycles. The molecule has 4 rings (SSSR count). The van der Waals surface area contributed by atoms with Gasteiger partial charge in [0, 0.05) is 18.0 Å². The zero-order valence-electron chi connectivity index (χ0n) is 18.2. The molecule has 0 unspecified atom stereocenters. The average Bonchev–Trinajstić information content (AvgIpc) is 3.45. The molecule has 1 aliphatic rings. The van der Waals surface area contributed by atoms with Crippen molar-refractivity contribution in [2.75, 3.05) is 25.6 Å². The zero-order chi connectivity index (χ0) is 23.4. The number of aromatic nitrogens is 4. The van der Waals surface area contributed by atoms with E-state index in [1.807, 2.05) is 25.1 Å². The second kappa shape index (κ2) is 9.04. The van der Waals surface area contributed by atoms with Crippen LogP contribution in [0, 0.1) is 23.7 Å². The lowest BCUT2D eigenvalue weighted by Gasteiger charge is -2.19. The molecule has 4 N–H and O–H groups in total. The largest absolute Gasteiger partial charge is 0.496 e. The van der Waals surface area contributed by atoms with E-state index >= 15 is 0 Å². The number of amides is 1. The summed E-state index contributed by atoms with van der Waals surface area (Å²) in [5, 5.41) is 30.5. The minimum absolute atomic E-state index is 0.193. The first kappa shape index (κ1) is 21.9. The Kier molecular flexibility index (Phi) is 5.99. The van der Waals surface area contributed by atoms with Gasteiger partial charge in [-0.05, 0) is 37.5 Å². The van der Waals surface area contributed by atoms with E-state index in [9.17, 15) is 4.79 Å². The molecule has 0 spiro atoms. The third kappa shape index (κ3) is 5.12. The Morgan fingerprint density at radius 1 is 1.24 bits per heavy atom. The second-order valence-electron chi connectivity index (χ2n) is 7.98. The van der Waals surface area contributed by atoms with E-state index in [1.54, 1.807) is 13.2 Å². The Labute approximate surface area is 189 Å². The molecule has 1 saturated carbocycles.